The number of aliphatic hydroxyl groups excluding tert-OH is 1. The van der Waals surface area contributed by atoms with E-state index in [0.29, 0.717) is 0 Å². The van der Waals surface area contributed by atoms with E-state index in [4.69, 9.17) is 0 Å². The second kappa shape index (κ2) is 5.17. The molecule has 0 bridgehead atoms. The Morgan fingerprint density at radius 2 is 2.19 bits per heavy atom. The first-order valence-electron chi connectivity index (χ1n) is 6.00. The van der Waals surface area contributed by atoms with E-state index in [1.54, 1.807) is 0 Å². The molecule has 0 saturated heterocycles. The molecule has 2 rings (SSSR count). The van der Waals surface area contributed by atoms with Crippen LogP contribution in [0.3, 0.4) is 0 Å². The van der Waals surface area contributed by atoms with Gasteiger partial charge in [-0.25, -0.2) is 0 Å². The number of hydrogen-bond donors (Lipinski definition) is 1. The quantitative estimate of drug-likeness (QED) is 0.838. The van der Waals surface area contributed by atoms with Crippen molar-refractivity contribution in [3.05, 3.63) is 35.9 Å². The largest absolute Gasteiger partial charge is 0.393 e. The minimum Gasteiger partial charge on any atom is -0.393 e. The van der Waals surface area contributed by atoms with Crippen molar-refractivity contribution < 1.29 is 5.11 Å². The van der Waals surface area contributed by atoms with Gasteiger partial charge in [0.05, 0.1) is 6.10 Å². The van der Waals surface area contributed by atoms with Crippen LogP contribution in [0.5, 0.6) is 0 Å². The van der Waals surface area contributed by atoms with E-state index < -0.39 is 0 Å². The lowest BCUT2D eigenvalue weighted by molar-refractivity contribution is 0.162. The van der Waals surface area contributed by atoms with Crippen molar-refractivity contribution in [2.45, 2.75) is 25.9 Å². The molecule has 1 unspecified atom stereocenters. The molecule has 1 aliphatic rings. The van der Waals surface area contributed by atoms with Crippen LogP contribution in [0.1, 0.15) is 25.3 Å². The maximum atomic E-state index is 9.59. The predicted octanol–water partition coefficient (Wildman–Crippen LogP) is 2.68. The fourth-order valence-corrected chi connectivity index (χ4v) is 2.04. The Hall–Kier alpha value is -1.28. The van der Waals surface area contributed by atoms with E-state index in [9.17, 15) is 5.11 Å². The maximum absolute atomic E-state index is 9.59. The molecule has 1 aliphatic heterocycles. The van der Waals surface area contributed by atoms with Gasteiger partial charge >= 0.3 is 0 Å². The van der Waals surface area contributed by atoms with Crippen molar-refractivity contribution in [3.63, 3.8) is 0 Å². The van der Waals surface area contributed by atoms with Gasteiger partial charge in [-0.15, -0.1) is 0 Å². The summed E-state index contributed by atoms with van der Waals surface area (Å²) < 4.78 is 0. The van der Waals surface area contributed by atoms with Gasteiger partial charge in [0.2, 0.25) is 0 Å². The van der Waals surface area contributed by atoms with E-state index in [1.807, 2.05) is 6.92 Å². The summed E-state index contributed by atoms with van der Waals surface area (Å²) in [6.45, 7) is 3.90. The Bertz CT molecular complexity index is 373. The van der Waals surface area contributed by atoms with Crippen molar-refractivity contribution in [1.29, 1.82) is 0 Å². The summed E-state index contributed by atoms with van der Waals surface area (Å²) >= 11 is 0. The first-order chi connectivity index (χ1) is 7.81. The molecule has 0 saturated carbocycles. The highest BCUT2D eigenvalue weighted by molar-refractivity contribution is 5.71. The minimum atomic E-state index is -0.168. The number of nitrogens with zero attached hydrogens (tertiary/aromatic N) is 1. The van der Waals surface area contributed by atoms with E-state index in [2.05, 4.69) is 41.3 Å². The van der Waals surface area contributed by atoms with Gasteiger partial charge in [-0.3, -0.25) is 0 Å². The fraction of sp³-hybridized carbons (Fsp3) is 0.429. The van der Waals surface area contributed by atoms with Crippen LogP contribution in [0.25, 0.3) is 6.08 Å². The van der Waals surface area contributed by atoms with Crippen LogP contribution in [0.4, 0.5) is 5.69 Å². The van der Waals surface area contributed by atoms with Crippen molar-refractivity contribution in [1.82, 2.24) is 0 Å². The number of hydrogen-bond acceptors (Lipinski definition) is 2. The fourth-order valence-electron chi connectivity index (χ4n) is 2.04. The van der Waals surface area contributed by atoms with Gasteiger partial charge in [-0.1, -0.05) is 37.3 Å². The molecule has 0 aromatic heterocycles. The summed E-state index contributed by atoms with van der Waals surface area (Å²) in [6.07, 6.45) is 5.87. The van der Waals surface area contributed by atoms with Gasteiger partial charge in [-0.05, 0) is 24.5 Å². The first-order valence-corrected chi connectivity index (χ1v) is 6.00. The number of benzene rings is 1. The number of para-hydroxylation sites is 1. The SMILES string of the molecule is CCC(O)CCN1CC=Cc2ccccc21. The van der Waals surface area contributed by atoms with Gasteiger partial charge in [-0.2, -0.15) is 0 Å². The molecule has 1 N–H and O–H groups in total. The smallest absolute Gasteiger partial charge is 0.0554 e. The third kappa shape index (κ3) is 2.45. The third-order valence-corrected chi connectivity index (χ3v) is 3.10. The van der Waals surface area contributed by atoms with Crippen LogP contribution < -0.4 is 4.90 Å². The van der Waals surface area contributed by atoms with Crippen molar-refractivity contribution in [2.24, 2.45) is 0 Å². The second-order valence-corrected chi connectivity index (χ2v) is 4.26. The molecule has 1 atom stereocenters. The lowest BCUT2D eigenvalue weighted by atomic mass is 10.1. The molecule has 1 heterocycles. The van der Waals surface area contributed by atoms with Crippen LogP contribution in [-0.2, 0) is 0 Å². The lowest BCUT2D eigenvalue weighted by Gasteiger charge is -2.28. The van der Waals surface area contributed by atoms with Gasteiger partial charge in [0.25, 0.3) is 0 Å². The van der Waals surface area contributed by atoms with Crippen molar-refractivity contribution in [2.75, 3.05) is 18.0 Å². The maximum Gasteiger partial charge on any atom is 0.0554 e. The van der Waals surface area contributed by atoms with E-state index in [1.165, 1.54) is 11.3 Å². The molecule has 1 aromatic rings. The van der Waals surface area contributed by atoms with Crippen LogP contribution in [0, 0.1) is 0 Å². The monoisotopic (exact) mass is 217 g/mol. The van der Waals surface area contributed by atoms with Crippen LogP contribution in [-0.4, -0.2) is 24.3 Å². The summed E-state index contributed by atoms with van der Waals surface area (Å²) in [5.41, 5.74) is 2.56. The molecule has 86 valence electrons. The Kier molecular flexibility index (Phi) is 3.62. The van der Waals surface area contributed by atoms with E-state index in [0.717, 1.165) is 25.9 Å². The molecule has 0 radical (unpaired) electrons. The molecule has 0 spiro atoms. The zero-order valence-electron chi connectivity index (χ0n) is 9.76. The van der Waals surface area contributed by atoms with Gasteiger partial charge in [0.15, 0.2) is 0 Å². The molecule has 2 heteroatoms. The highest BCUT2D eigenvalue weighted by Gasteiger charge is 2.13. The van der Waals surface area contributed by atoms with Gasteiger partial charge < -0.3 is 10.0 Å². The topological polar surface area (TPSA) is 23.5 Å². The summed E-state index contributed by atoms with van der Waals surface area (Å²) in [6, 6.07) is 8.42. The molecule has 1 aromatic carbocycles. The Balaban J connectivity index is 2.04. The molecular weight excluding hydrogens is 198 g/mol. The molecule has 0 amide bonds. The van der Waals surface area contributed by atoms with Crippen molar-refractivity contribution >= 4 is 11.8 Å². The Labute approximate surface area is 97.2 Å². The van der Waals surface area contributed by atoms with E-state index in [-0.39, 0.29) is 6.10 Å². The number of rotatable bonds is 4. The number of fused-ring (bicyclic) bond motifs is 1. The summed E-state index contributed by atoms with van der Waals surface area (Å²) in [7, 11) is 0. The summed E-state index contributed by atoms with van der Waals surface area (Å²) in [4.78, 5) is 2.33. The minimum absolute atomic E-state index is 0.168. The number of anilines is 1. The molecular formula is C14H19NO. The molecule has 16 heavy (non-hydrogen) atoms. The number of aliphatic hydroxyl groups is 1. The summed E-state index contributed by atoms with van der Waals surface area (Å²) in [5.74, 6) is 0. The van der Waals surface area contributed by atoms with Crippen molar-refractivity contribution in [3.8, 4) is 0 Å². The second-order valence-electron chi connectivity index (χ2n) is 4.26. The highest BCUT2D eigenvalue weighted by Crippen LogP contribution is 2.25. The van der Waals surface area contributed by atoms with Crippen LogP contribution in [0.15, 0.2) is 30.3 Å². The van der Waals surface area contributed by atoms with Crippen LogP contribution >= 0.6 is 0 Å². The average Bonchev–Trinajstić information content (AvgIpc) is 2.35. The predicted molar refractivity (Wildman–Crippen MR) is 68.6 cm³/mol. The van der Waals surface area contributed by atoms with Gasteiger partial charge in [0.1, 0.15) is 0 Å². The standard InChI is InChI=1S/C14H19NO/c1-2-13(16)9-11-15-10-5-7-12-6-3-4-8-14(12)15/h3-8,13,16H,2,9-11H2,1H3. The molecule has 0 fully saturated rings. The highest BCUT2D eigenvalue weighted by atomic mass is 16.3. The zero-order chi connectivity index (χ0) is 11.4. The van der Waals surface area contributed by atoms with E-state index >= 15 is 0 Å². The van der Waals surface area contributed by atoms with Crippen LogP contribution in [0.2, 0.25) is 0 Å². The first kappa shape index (κ1) is 11.2. The Morgan fingerprint density at radius 1 is 1.38 bits per heavy atom. The molecule has 2 nitrogen and oxygen atoms in total. The normalized spacial score (nSPS) is 16.0. The zero-order valence-corrected chi connectivity index (χ0v) is 9.76. The third-order valence-electron chi connectivity index (χ3n) is 3.10. The lowest BCUT2D eigenvalue weighted by Crippen LogP contribution is -2.29. The Morgan fingerprint density at radius 3 is 3.00 bits per heavy atom. The molecule has 0 aliphatic carbocycles. The van der Waals surface area contributed by atoms with Gasteiger partial charge in [0, 0.05) is 18.8 Å². The average molecular weight is 217 g/mol. The summed E-state index contributed by atoms with van der Waals surface area (Å²) in [5, 5.41) is 9.59.